The Morgan fingerprint density at radius 2 is 1.63 bits per heavy atom. The van der Waals surface area contributed by atoms with Crippen molar-refractivity contribution in [3.8, 4) is 0 Å². The molecule has 180 valence electrons. The molecule has 1 aromatic heterocycles. The van der Waals surface area contributed by atoms with Crippen molar-refractivity contribution in [1.82, 2.24) is 9.88 Å². The fourth-order valence-corrected chi connectivity index (χ4v) is 4.56. The van der Waals surface area contributed by atoms with Crippen LogP contribution in [-0.2, 0) is 12.7 Å². The summed E-state index contributed by atoms with van der Waals surface area (Å²) in [6.45, 7) is 1.81. The van der Waals surface area contributed by atoms with E-state index in [4.69, 9.17) is 11.6 Å². The molecule has 0 unspecified atom stereocenters. The molecule has 2 aliphatic heterocycles. The third-order valence-electron chi connectivity index (χ3n) is 6.26. The molecule has 0 radical (unpaired) electrons. The van der Waals surface area contributed by atoms with Gasteiger partial charge in [-0.2, -0.15) is 13.2 Å². The summed E-state index contributed by atoms with van der Waals surface area (Å²) >= 11 is 5.95. The van der Waals surface area contributed by atoms with E-state index in [9.17, 15) is 22.8 Å². The summed E-state index contributed by atoms with van der Waals surface area (Å²) in [5.41, 5.74) is 1.45. The maximum atomic E-state index is 13.3. The predicted octanol–water partition coefficient (Wildman–Crippen LogP) is 4.88. The van der Waals surface area contributed by atoms with Gasteiger partial charge in [0, 0.05) is 42.5 Å². The van der Waals surface area contributed by atoms with E-state index in [0.717, 1.165) is 23.0 Å². The largest absolute Gasteiger partial charge is 0.417 e. The maximum Gasteiger partial charge on any atom is 0.417 e. The van der Waals surface area contributed by atoms with E-state index in [2.05, 4.69) is 4.98 Å². The second-order valence-electron chi connectivity index (χ2n) is 8.39. The number of fused-ring (bicyclic) bond motifs is 1. The fourth-order valence-electron chi connectivity index (χ4n) is 4.44. The zero-order chi connectivity index (χ0) is 24.7. The smallest absolute Gasteiger partial charge is 0.367 e. The van der Waals surface area contributed by atoms with Crippen LogP contribution in [0.15, 0.2) is 60.8 Å². The van der Waals surface area contributed by atoms with Gasteiger partial charge in [0.1, 0.15) is 5.69 Å². The van der Waals surface area contributed by atoms with Gasteiger partial charge in [0.25, 0.3) is 11.8 Å². The van der Waals surface area contributed by atoms with Crippen molar-refractivity contribution in [1.29, 1.82) is 0 Å². The number of alkyl halides is 3. The maximum absolute atomic E-state index is 13.3. The SMILES string of the molecule is O=C(c1ccccc1C(F)(F)F)N1CCN(c2cnc3c(c2)CN(c2ccc(Cl)cc2)C3=O)CC1. The molecule has 2 aromatic carbocycles. The molecule has 0 bridgehead atoms. The first-order valence-corrected chi connectivity index (χ1v) is 11.4. The van der Waals surface area contributed by atoms with Gasteiger partial charge in [-0.1, -0.05) is 23.7 Å². The van der Waals surface area contributed by atoms with E-state index < -0.39 is 17.6 Å². The Morgan fingerprint density at radius 1 is 0.943 bits per heavy atom. The van der Waals surface area contributed by atoms with Crippen LogP contribution in [0.25, 0.3) is 0 Å². The van der Waals surface area contributed by atoms with Crippen molar-refractivity contribution in [3.05, 3.63) is 88.2 Å². The number of piperazine rings is 1. The standard InChI is InChI=1S/C25H20ClF3N4O2/c26-17-5-7-18(8-6-17)33-15-16-13-19(14-30-22(16)24(33)35)31-9-11-32(12-10-31)23(34)20-3-1-2-4-21(20)25(27,28)29/h1-8,13-14H,9-12,15H2. The minimum atomic E-state index is -4.60. The van der Waals surface area contributed by atoms with Crippen molar-refractivity contribution < 1.29 is 22.8 Å². The molecule has 3 heterocycles. The van der Waals surface area contributed by atoms with Crippen LogP contribution in [-0.4, -0.2) is 47.9 Å². The highest BCUT2D eigenvalue weighted by molar-refractivity contribution is 6.30. The van der Waals surface area contributed by atoms with Crippen LogP contribution < -0.4 is 9.80 Å². The number of anilines is 2. The van der Waals surface area contributed by atoms with E-state index in [1.807, 2.05) is 11.0 Å². The lowest BCUT2D eigenvalue weighted by atomic mass is 10.1. The number of pyridine rings is 1. The van der Waals surface area contributed by atoms with Gasteiger partial charge in [-0.3, -0.25) is 9.59 Å². The zero-order valence-electron chi connectivity index (χ0n) is 18.4. The van der Waals surface area contributed by atoms with Crippen LogP contribution >= 0.6 is 11.6 Å². The molecule has 0 aliphatic carbocycles. The molecule has 2 aliphatic rings. The normalized spacial score (nSPS) is 16.0. The van der Waals surface area contributed by atoms with E-state index in [1.54, 1.807) is 35.4 Å². The number of hydrogen-bond donors (Lipinski definition) is 0. The van der Waals surface area contributed by atoms with Crippen molar-refractivity contribution in [2.45, 2.75) is 12.7 Å². The average Bonchev–Trinajstić information content (AvgIpc) is 3.19. The molecular weight excluding hydrogens is 481 g/mol. The Bertz CT molecular complexity index is 1290. The van der Waals surface area contributed by atoms with Crippen molar-refractivity contribution in [3.63, 3.8) is 0 Å². The first-order chi connectivity index (χ1) is 16.7. The van der Waals surface area contributed by atoms with Crippen LogP contribution in [0.4, 0.5) is 24.5 Å². The zero-order valence-corrected chi connectivity index (χ0v) is 19.2. The number of amides is 2. The summed E-state index contributed by atoms with van der Waals surface area (Å²) in [4.78, 5) is 35.1. The van der Waals surface area contributed by atoms with E-state index in [1.165, 1.54) is 23.1 Å². The van der Waals surface area contributed by atoms with Gasteiger partial charge >= 0.3 is 6.18 Å². The summed E-state index contributed by atoms with van der Waals surface area (Å²) < 4.78 is 40.0. The summed E-state index contributed by atoms with van der Waals surface area (Å²) in [5, 5.41) is 0.581. The molecule has 0 spiro atoms. The summed E-state index contributed by atoms with van der Waals surface area (Å²) in [6.07, 6.45) is -2.97. The van der Waals surface area contributed by atoms with Gasteiger partial charge in [-0.05, 0) is 42.5 Å². The van der Waals surface area contributed by atoms with Crippen LogP contribution in [0.3, 0.4) is 0 Å². The first kappa shape index (κ1) is 23.2. The molecule has 1 fully saturated rings. The Balaban J connectivity index is 1.28. The molecule has 2 amide bonds. The molecular formula is C25H20ClF3N4O2. The molecule has 6 nitrogen and oxygen atoms in total. The van der Waals surface area contributed by atoms with Gasteiger partial charge in [0.15, 0.2) is 0 Å². The van der Waals surface area contributed by atoms with Crippen molar-refractivity contribution in [2.24, 2.45) is 0 Å². The van der Waals surface area contributed by atoms with Crippen LogP contribution in [0.2, 0.25) is 5.02 Å². The Kier molecular flexibility index (Phi) is 5.88. The number of rotatable bonds is 3. The van der Waals surface area contributed by atoms with Crippen LogP contribution in [0.5, 0.6) is 0 Å². The molecule has 0 atom stereocenters. The molecule has 5 rings (SSSR count). The first-order valence-electron chi connectivity index (χ1n) is 11.0. The summed E-state index contributed by atoms with van der Waals surface area (Å²) in [7, 11) is 0. The second-order valence-corrected chi connectivity index (χ2v) is 8.83. The third kappa shape index (κ3) is 4.43. The number of carbonyl (C=O) groups is 2. The summed E-state index contributed by atoms with van der Waals surface area (Å²) in [5.74, 6) is -0.818. The van der Waals surface area contributed by atoms with E-state index in [-0.39, 0.29) is 24.6 Å². The number of aromatic nitrogens is 1. The van der Waals surface area contributed by atoms with Gasteiger partial charge in [0.05, 0.1) is 29.6 Å². The molecule has 10 heteroatoms. The third-order valence-corrected chi connectivity index (χ3v) is 6.51. The topological polar surface area (TPSA) is 56.8 Å². The molecule has 0 N–H and O–H groups in total. The van der Waals surface area contributed by atoms with E-state index in [0.29, 0.717) is 30.4 Å². The van der Waals surface area contributed by atoms with E-state index >= 15 is 0 Å². The van der Waals surface area contributed by atoms with Crippen molar-refractivity contribution in [2.75, 3.05) is 36.0 Å². The molecule has 0 saturated carbocycles. The molecule has 35 heavy (non-hydrogen) atoms. The number of hydrogen-bond acceptors (Lipinski definition) is 4. The van der Waals surface area contributed by atoms with Gasteiger partial charge in [-0.15, -0.1) is 0 Å². The minimum Gasteiger partial charge on any atom is -0.367 e. The Hall–Kier alpha value is -3.59. The molecule has 3 aromatic rings. The van der Waals surface area contributed by atoms with Gasteiger partial charge in [0.2, 0.25) is 0 Å². The monoisotopic (exact) mass is 500 g/mol. The second kappa shape index (κ2) is 8.88. The predicted molar refractivity (Wildman–Crippen MR) is 126 cm³/mol. The minimum absolute atomic E-state index is 0.187. The highest BCUT2D eigenvalue weighted by Gasteiger charge is 2.36. The number of benzene rings is 2. The van der Waals surface area contributed by atoms with Gasteiger partial charge in [-0.25, -0.2) is 4.98 Å². The molecule has 1 saturated heterocycles. The Morgan fingerprint density at radius 3 is 2.31 bits per heavy atom. The number of carbonyl (C=O) groups excluding carboxylic acids is 2. The number of halogens is 4. The van der Waals surface area contributed by atoms with Crippen LogP contribution in [0.1, 0.15) is 32.0 Å². The Labute approximate surface area is 204 Å². The quantitative estimate of drug-likeness (QED) is 0.514. The number of nitrogens with zero attached hydrogens (tertiary/aromatic N) is 4. The highest BCUT2D eigenvalue weighted by atomic mass is 35.5. The average molecular weight is 501 g/mol. The lowest BCUT2D eigenvalue weighted by molar-refractivity contribution is -0.138. The van der Waals surface area contributed by atoms with Crippen molar-refractivity contribution >= 4 is 34.8 Å². The fraction of sp³-hybridized carbons (Fsp3) is 0.240. The van der Waals surface area contributed by atoms with Crippen LogP contribution in [0, 0.1) is 0 Å². The lowest BCUT2D eigenvalue weighted by Gasteiger charge is -2.36. The highest BCUT2D eigenvalue weighted by Crippen LogP contribution is 2.33. The lowest BCUT2D eigenvalue weighted by Crippen LogP contribution is -2.49. The summed E-state index contributed by atoms with van der Waals surface area (Å²) in [6, 6.07) is 13.8. The van der Waals surface area contributed by atoms with Gasteiger partial charge < -0.3 is 14.7 Å².